The summed E-state index contributed by atoms with van der Waals surface area (Å²) in [4.78, 5) is 12.8. The van der Waals surface area contributed by atoms with Crippen molar-refractivity contribution >= 4 is 26.6 Å². The summed E-state index contributed by atoms with van der Waals surface area (Å²) in [6.45, 7) is 15.8. The summed E-state index contributed by atoms with van der Waals surface area (Å²) in [6.07, 6.45) is -5.66. The van der Waals surface area contributed by atoms with Gasteiger partial charge in [-0.05, 0) is 56.6 Å². The summed E-state index contributed by atoms with van der Waals surface area (Å²) in [6, 6.07) is 4.36. The van der Waals surface area contributed by atoms with Gasteiger partial charge in [-0.1, -0.05) is 32.9 Å². The van der Waals surface area contributed by atoms with Crippen LogP contribution in [0.5, 0.6) is 0 Å². The van der Waals surface area contributed by atoms with E-state index in [0.29, 0.717) is 5.56 Å². The van der Waals surface area contributed by atoms with Crippen LogP contribution in [-0.2, 0) is 19.5 Å². The number of hydrogen-bond donors (Lipinski definition) is 0. The van der Waals surface area contributed by atoms with Gasteiger partial charge in [-0.25, -0.2) is 9.10 Å². The van der Waals surface area contributed by atoms with E-state index in [1.807, 2.05) is 0 Å². The molecule has 1 aromatic rings. The fourth-order valence-corrected chi connectivity index (χ4v) is 4.66. The predicted molar refractivity (Wildman–Crippen MR) is 118 cm³/mol. The van der Waals surface area contributed by atoms with Crippen molar-refractivity contribution in [3.63, 3.8) is 0 Å². The van der Waals surface area contributed by atoms with Gasteiger partial charge in [0.25, 0.3) is 0 Å². The molecule has 1 aliphatic heterocycles. The third-order valence-electron chi connectivity index (χ3n) is 5.39. The van der Waals surface area contributed by atoms with Crippen molar-refractivity contribution in [1.82, 2.24) is 4.31 Å². The molecular weight excluding hydrogens is 447 g/mol. The van der Waals surface area contributed by atoms with E-state index < -0.39 is 43.9 Å². The zero-order valence-corrected chi connectivity index (χ0v) is 21.1. The normalized spacial score (nSPS) is 19.5. The third kappa shape index (κ3) is 6.63. The van der Waals surface area contributed by atoms with Crippen molar-refractivity contribution in [2.75, 3.05) is 6.61 Å². The molecule has 31 heavy (non-hydrogen) atoms. The van der Waals surface area contributed by atoms with Gasteiger partial charge >= 0.3 is 12.3 Å². The Morgan fingerprint density at radius 3 is 2.13 bits per heavy atom. The van der Waals surface area contributed by atoms with Crippen molar-refractivity contribution in [3.8, 4) is 0 Å². The molecular formula is C21H32F3NO4SSi. The molecule has 1 heterocycles. The summed E-state index contributed by atoms with van der Waals surface area (Å²) in [7, 11) is -2.35. The molecule has 2 atom stereocenters. The Labute approximate surface area is 188 Å². The smallest absolute Gasteiger partial charge is 0.422 e. The number of hydrogen-bond acceptors (Lipinski definition) is 5. The highest BCUT2D eigenvalue weighted by molar-refractivity contribution is 7.93. The van der Waals surface area contributed by atoms with Crippen LogP contribution in [0.1, 0.15) is 58.8 Å². The quantitative estimate of drug-likeness (QED) is 0.265. The molecule has 0 aliphatic carbocycles. The van der Waals surface area contributed by atoms with E-state index in [-0.39, 0.29) is 11.6 Å². The Morgan fingerprint density at radius 1 is 1.13 bits per heavy atom. The van der Waals surface area contributed by atoms with Gasteiger partial charge in [-0.15, -0.1) is 0 Å². The van der Waals surface area contributed by atoms with Crippen molar-refractivity contribution < 1.29 is 31.3 Å². The Bertz CT molecular complexity index is 773. The van der Waals surface area contributed by atoms with Crippen LogP contribution in [0.15, 0.2) is 24.3 Å². The molecule has 176 valence electrons. The van der Waals surface area contributed by atoms with E-state index in [1.54, 1.807) is 20.8 Å². The van der Waals surface area contributed by atoms with Gasteiger partial charge < -0.3 is 9.16 Å². The van der Waals surface area contributed by atoms with Gasteiger partial charge in [-0.3, -0.25) is 4.18 Å². The number of carbonyl (C=O) groups excluding carboxylic acids is 1. The van der Waals surface area contributed by atoms with Crippen LogP contribution in [-0.4, -0.2) is 37.0 Å². The van der Waals surface area contributed by atoms with Gasteiger partial charge in [0.2, 0.25) is 0 Å². The lowest BCUT2D eigenvalue weighted by atomic mass is 10.0. The minimum absolute atomic E-state index is 0.138. The first-order chi connectivity index (χ1) is 13.9. The maximum Gasteiger partial charge on any atom is 0.422 e. The number of rotatable bonds is 4. The van der Waals surface area contributed by atoms with Crippen LogP contribution in [0.25, 0.3) is 0 Å². The second-order valence-corrected chi connectivity index (χ2v) is 15.7. The van der Waals surface area contributed by atoms with Crippen molar-refractivity contribution in [2.24, 2.45) is 0 Å². The van der Waals surface area contributed by atoms with Crippen LogP contribution in [0.3, 0.4) is 0 Å². The number of halogens is 3. The molecule has 1 amide bonds. The van der Waals surface area contributed by atoms with Crippen LogP contribution >= 0.6 is 12.2 Å². The highest BCUT2D eigenvalue weighted by atomic mass is 32.2. The van der Waals surface area contributed by atoms with E-state index in [4.69, 9.17) is 13.3 Å². The number of alkyl halides is 3. The Morgan fingerprint density at radius 2 is 1.68 bits per heavy atom. The first-order valence-corrected chi connectivity index (χ1v) is 13.7. The Hall–Kier alpha value is -1.23. The summed E-state index contributed by atoms with van der Waals surface area (Å²) in [5, 5.41) is -0.138. The molecule has 1 aliphatic rings. The highest BCUT2D eigenvalue weighted by Gasteiger charge is 2.46. The van der Waals surface area contributed by atoms with E-state index in [2.05, 4.69) is 33.9 Å². The Kier molecular flexibility index (Phi) is 7.52. The maximum absolute atomic E-state index is 13.1. The minimum Gasteiger partial charge on any atom is -0.443 e. The second-order valence-electron chi connectivity index (χ2n) is 10.2. The van der Waals surface area contributed by atoms with Crippen LogP contribution < -0.4 is 0 Å². The molecule has 1 saturated heterocycles. The lowest BCUT2D eigenvalue weighted by molar-refractivity contribution is -0.137. The second kappa shape index (κ2) is 8.96. The first kappa shape index (κ1) is 26.0. The molecule has 0 radical (unpaired) electrons. The predicted octanol–water partition coefficient (Wildman–Crippen LogP) is 6.97. The number of ether oxygens (including phenoxy) is 1. The van der Waals surface area contributed by atoms with E-state index >= 15 is 0 Å². The number of benzene rings is 1. The Balaban J connectivity index is 2.43. The molecule has 0 unspecified atom stereocenters. The largest absolute Gasteiger partial charge is 0.443 e. The van der Waals surface area contributed by atoms with E-state index in [0.717, 1.165) is 24.4 Å². The number of amides is 1. The fraction of sp³-hybridized carbons (Fsp3) is 0.667. The van der Waals surface area contributed by atoms with Crippen LogP contribution in [0.2, 0.25) is 18.1 Å². The molecule has 0 bridgehead atoms. The lowest BCUT2D eigenvalue weighted by Gasteiger charge is -2.41. The average molecular weight is 480 g/mol. The standard InChI is InChI=1S/C21H32F3NO4SSi/c1-19(2,3)28-18(26)25-16(13-27-30-25)17(29-31(7,8)20(4,5)6)14-9-11-15(12-10-14)21(22,23)24/h9-12,16-17H,13H2,1-8H3/t16-,17+/m1/s1. The highest BCUT2D eigenvalue weighted by Crippen LogP contribution is 2.44. The van der Waals surface area contributed by atoms with Crippen LogP contribution in [0.4, 0.5) is 18.0 Å². The summed E-state index contributed by atoms with van der Waals surface area (Å²) in [5.41, 5.74) is -0.875. The average Bonchev–Trinajstić information content (AvgIpc) is 3.06. The van der Waals surface area contributed by atoms with Crippen molar-refractivity contribution in [2.45, 2.75) is 83.6 Å². The molecule has 2 rings (SSSR count). The van der Waals surface area contributed by atoms with Gasteiger partial charge in [0, 0.05) is 0 Å². The van der Waals surface area contributed by atoms with Crippen molar-refractivity contribution in [1.29, 1.82) is 0 Å². The maximum atomic E-state index is 13.1. The molecule has 1 fully saturated rings. The van der Waals surface area contributed by atoms with E-state index in [1.165, 1.54) is 16.4 Å². The van der Waals surface area contributed by atoms with E-state index in [9.17, 15) is 18.0 Å². The third-order valence-corrected chi connectivity index (χ3v) is 10.7. The first-order valence-electron chi connectivity index (χ1n) is 10.1. The minimum atomic E-state index is -4.43. The van der Waals surface area contributed by atoms with Gasteiger partial charge in [-0.2, -0.15) is 13.2 Å². The molecule has 0 N–H and O–H groups in total. The fourth-order valence-electron chi connectivity index (χ4n) is 2.69. The SMILES string of the molecule is CC(C)(C)OC(=O)N1SOC[C@@H]1[C@@H](O[Si](C)(C)C(C)(C)C)c1ccc(C(F)(F)F)cc1. The summed E-state index contributed by atoms with van der Waals surface area (Å²) in [5.74, 6) is 0. The molecule has 0 saturated carbocycles. The van der Waals surface area contributed by atoms with Crippen LogP contribution in [0, 0.1) is 0 Å². The molecule has 10 heteroatoms. The lowest BCUT2D eigenvalue weighted by Crippen LogP contribution is -2.47. The molecule has 0 spiro atoms. The molecule has 5 nitrogen and oxygen atoms in total. The van der Waals surface area contributed by atoms with Gasteiger partial charge in [0.15, 0.2) is 8.32 Å². The molecule has 1 aromatic carbocycles. The topological polar surface area (TPSA) is 48.0 Å². The number of nitrogens with zero attached hydrogens (tertiary/aromatic N) is 1. The van der Waals surface area contributed by atoms with Gasteiger partial charge in [0.05, 0.1) is 18.3 Å². The summed E-state index contributed by atoms with van der Waals surface area (Å²) >= 11 is 0.877. The summed E-state index contributed by atoms with van der Waals surface area (Å²) < 4.78 is 58.1. The zero-order chi connectivity index (χ0) is 23.8. The van der Waals surface area contributed by atoms with Gasteiger partial charge in [0.1, 0.15) is 23.9 Å². The molecule has 0 aromatic heterocycles. The zero-order valence-electron chi connectivity index (χ0n) is 19.3. The van der Waals surface area contributed by atoms with Crippen molar-refractivity contribution in [3.05, 3.63) is 35.4 Å². The monoisotopic (exact) mass is 479 g/mol. The number of carbonyl (C=O) groups is 1.